The van der Waals surface area contributed by atoms with Crippen LogP contribution in [0, 0.1) is 0 Å². The van der Waals surface area contributed by atoms with Crippen LogP contribution in [0.25, 0.3) is 0 Å². The molecule has 0 spiro atoms. The first-order chi connectivity index (χ1) is 7.49. The molecule has 0 saturated carbocycles. The van der Waals surface area contributed by atoms with Crippen LogP contribution < -0.4 is 0 Å². The number of carboxylic acid groups (broad SMARTS) is 2. The van der Waals surface area contributed by atoms with Gasteiger partial charge in [0, 0.05) is 5.75 Å². The number of hydrogen-bond acceptors (Lipinski definition) is 3. The lowest BCUT2D eigenvalue weighted by Gasteiger charge is -2.07. The van der Waals surface area contributed by atoms with Crippen LogP contribution in [0.5, 0.6) is 0 Å². The molecule has 1 aromatic rings. The first-order valence-electron chi connectivity index (χ1n) is 4.47. The third-order valence-electron chi connectivity index (χ3n) is 1.97. The van der Waals surface area contributed by atoms with Crippen molar-refractivity contribution >= 4 is 22.7 Å². The molecule has 6 heteroatoms. The minimum atomic E-state index is -1.62. The highest BCUT2D eigenvalue weighted by Gasteiger charge is 2.21. The second-order valence-corrected chi connectivity index (χ2v) is 4.60. The monoisotopic (exact) mass is 242 g/mol. The van der Waals surface area contributed by atoms with Gasteiger partial charge >= 0.3 is 11.9 Å². The normalized spacial score (nSPS) is 12.1. The fraction of sp³-hybridized carbons (Fsp3) is 0.200. The Labute approximate surface area is 94.2 Å². The van der Waals surface area contributed by atoms with Crippen molar-refractivity contribution in [3.05, 3.63) is 29.3 Å². The molecule has 0 aromatic heterocycles. The summed E-state index contributed by atoms with van der Waals surface area (Å²) in [5.41, 5.74) is -0.444. The van der Waals surface area contributed by atoms with Crippen LogP contribution in [0.4, 0.5) is 0 Å². The third-order valence-corrected chi connectivity index (χ3v) is 3.39. The van der Waals surface area contributed by atoms with Gasteiger partial charge in [0.25, 0.3) is 0 Å². The van der Waals surface area contributed by atoms with Crippen LogP contribution in [0.3, 0.4) is 0 Å². The molecule has 1 rings (SSSR count). The maximum absolute atomic E-state index is 11.6. The van der Waals surface area contributed by atoms with Gasteiger partial charge in [0.1, 0.15) is 0 Å². The molecular formula is C10H10O5S. The topological polar surface area (TPSA) is 91.7 Å². The van der Waals surface area contributed by atoms with Gasteiger partial charge in [0.15, 0.2) is 0 Å². The molecule has 0 aliphatic rings. The van der Waals surface area contributed by atoms with Gasteiger partial charge < -0.3 is 10.2 Å². The van der Waals surface area contributed by atoms with Gasteiger partial charge in [-0.3, -0.25) is 4.21 Å². The highest BCUT2D eigenvalue weighted by molar-refractivity contribution is 7.85. The fourth-order valence-electron chi connectivity index (χ4n) is 1.26. The smallest absolute Gasteiger partial charge is 0.336 e. The van der Waals surface area contributed by atoms with E-state index in [9.17, 15) is 13.8 Å². The molecular weight excluding hydrogens is 232 g/mol. The maximum atomic E-state index is 11.6. The van der Waals surface area contributed by atoms with Crippen molar-refractivity contribution in [3.8, 4) is 0 Å². The summed E-state index contributed by atoms with van der Waals surface area (Å²) in [6.07, 6.45) is 0. The van der Waals surface area contributed by atoms with Crippen molar-refractivity contribution in [2.75, 3.05) is 5.75 Å². The standard InChI is InChI=1S/C10H10O5S/c1-2-16(15)8-6(9(11)12)4-3-5-7(8)10(13)14/h3-5H,2H2,1H3,(H,11,12)(H,13,14). The van der Waals surface area contributed by atoms with Crippen molar-refractivity contribution in [2.24, 2.45) is 0 Å². The van der Waals surface area contributed by atoms with Crippen LogP contribution in [-0.4, -0.2) is 32.1 Å². The minimum absolute atomic E-state index is 0.120. The second kappa shape index (κ2) is 4.89. The van der Waals surface area contributed by atoms with Crippen LogP contribution in [0.2, 0.25) is 0 Å². The molecule has 0 heterocycles. The molecule has 86 valence electrons. The van der Waals surface area contributed by atoms with Gasteiger partial charge in [-0.05, 0) is 12.1 Å². The molecule has 0 amide bonds. The zero-order valence-corrected chi connectivity index (χ0v) is 9.28. The molecule has 0 bridgehead atoms. The zero-order chi connectivity index (χ0) is 12.3. The van der Waals surface area contributed by atoms with E-state index in [2.05, 4.69) is 0 Å². The third kappa shape index (κ3) is 2.27. The summed E-state index contributed by atoms with van der Waals surface area (Å²) in [5, 5.41) is 17.8. The predicted molar refractivity (Wildman–Crippen MR) is 57.3 cm³/mol. The summed E-state index contributed by atoms with van der Waals surface area (Å²) in [7, 11) is -1.62. The molecule has 5 nitrogen and oxygen atoms in total. The van der Waals surface area contributed by atoms with Gasteiger partial charge in [0.2, 0.25) is 0 Å². The largest absolute Gasteiger partial charge is 0.478 e. The molecule has 0 saturated heterocycles. The Balaban J connectivity index is 3.53. The highest BCUT2D eigenvalue weighted by Crippen LogP contribution is 2.19. The number of aromatic carboxylic acids is 2. The van der Waals surface area contributed by atoms with Crippen molar-refractivity contribution in [1.29, 1.82) is 0 Å². The number of rotatable bonds is 4. The molecule has 1 aromatic carbocycles. The van der Waals surface area contributed by atoms with E-state index in [0.29, 0.717) is 0 Å². The Morgan fingerprint density at radius 1 is 1.19 bits per heavy atom. The molecule has 16 heavy (non-hydrogen) atoms. The Morgan fingerprint density at radius 2 is 1.62 bits per heavy atom. The number of hydrogen-bond donors (Lipinski definition) is 2. The lowest BCUT2D eigenvalue weighted by atomic mass is 10.1. The highest BCUT2D eigenvalue weighted by atomic mass is 32.2. The van der Waals surface area contributed by atoms with Gasteiger partial charge in [-0.15, -0.1) is 0 Å². The number of carboxylic acids is 2. The second-order valence-electron chi connectivity index (χ2n) is 2.93. The van der Waals surface area contributed by atoms with Crippen molar-refractivity contribution < 1.29 is 24.0 Å². The summed E-state index contributed by atoms with van der Waals surface area (Å²) >= 11 is 0. The first kappa shape index (κ1) is 12.4. The fourth-order valence-corrected chi connectivity index (χ4v) is 2.35. The quantitative estimate of drug-likeness (QED) is 0.828. The maximum Gasteiger partial charge on any atom is 0.336 e. The van der Waals surface area contributed by atoms with E-state index in [-0.39, 0.29) is 21.8 Å². The molecule has 0 radical (unpaired) electrons. The molecule has 0 fully saturated rings. The van der Waals surface area contributed by atoms with E-state index in [1.807, 2.05) is 0 Å². The summed E-state index contributed by atoms with van der Waals surface area (Å²) < 4.78 is 11.6. The Morgan fingerprint density at radius 3 is 1.94 bits per heavy atom. The summed E-state index contributed by atoms with van der Waals surface area (Å²) in [5.74, 6) is -2.38. The van der Waals surface area contributed by atoms with Crippen molar-refractivity contribution in [1.82, 2.24) is 0 Å². The first-order valence-corrected chi connectivity index (χ1v) is 5.78. The summed E-state index contributed by atoms with van der Waals surface area (Å²) in [4.78, 5) is 21.7. The minimum Gasteiger partial charge on any atom is -0.478 e. The molecule has 1 unspecified atom stereocenters. The molecule has 2 N–H and O–H groups in total. The summed E-state index contributed by atoms with van der Waals surface area (Å²) in [6, 6.07) is 3.82. The van der Waals surface area contributed by atoms with Gasteiger partial charge in [0.05, 0.1) is 26.8 Å². The van der Waals surface area contributed by atoms with Gasteiger partial charge in [-0.1, -0.05) is 13.0 Å². The molecule has 0 aliphatic carbocycles. The summed E-state index contributed by atoms with van der Waals surface area (Å²) in [6.45, 7) is 1.60. The lowest BCUT2D eigenvalue weighted by molar-refractivity contribution is 0.0690. The van der Waals surface area contributed by atoms with Crippen LogP contribution in [0.1, 0.15) is 27.6 Å². The van der Waals surface area contributed by atoms with Crippen molar-refractivity contribution in [3.63, 3.8) is 0 Å². The Hall–Kier alpha value is -1.69. The Kier molecular flexibility index (Phi) is 3.78. The van der Waals surface area contributed by atoms with E-state index >= 15 is 0 Å². The van der Waals surface area contributed by atoms with Gasteiger partial charge in [-0.25, -0.2) is 9.59 Å². The van der Waals surface area contributed by atoms with E-state index < -0.39 is 22.7 Å². The lowest BCUT2D eigenvalue weighted by Crippen LogP contribution is -2.12. The van der Waals surface area contributed by atoms with Crippen molar-refractivity contribution in [2.45, 2.75) is 11.8 Å². The zero-order valence-electron chi connectivity index (χ0n) is 8.47. The van der Waals surface area contributed by atoms with E-state index in [0.717, 1.165) is 0 Å². The van der Waals surface area contributed by atoms with E-state index in [4.69, 9.17) is 10.2 Å². The number of benzene rings is 1. The predicted octanol–water partition coefficient (Wildman–Crippen LogP) is 1.21. The average Bonchev–Trinajstić information content (AvgIpc) is 2.26. The SMILES string of the molecule is CCS(=O)c1c(C(=O)O)cccc1C(=O)O. The van der Waals surface area contributed by atoms with Crippen LogP contribution in [-0.2, 0) is 10.8 Å². The van der Waals surface area contributed by atoms with E-state index in [1.54, 1.807) is 6.92 Å². The van der Waals surface area contributed by atoms with Gasteiger partial charge in [-0.2, -0.15) is 0 Å². The number of carbonyl (C=O) groups is 2. The average molecular weight is 242 g/mol. The molecule has 1 atom stereocenters. The van der Waals surface area contributed by atoms with E-state index in [1.165, 1.54) is 18.2 Å². The van der Waals surface area contributed by atoms with Crippen LogP contribution >= 0.6 is 0 Å². The Bertz CT molecular complexity index is 434. The molecule has 0 aliphatic heterocycles. The van der Waals surface area contributed by atoms with Crippen LogP contribution in [0.15, 0.2) is 23.1 Å².